The van der Waals surface area contributed by atoms with Crippen molar-refractivity contribution in [2.75, 3.05) is 19.8 Å². The maximum absolute atomic E-state index is 12.1. The quantitative estimate of drug-likeness (QED) is 0.789. The number of amides is 1. The first-order valence-electron chi connectivity index (χ1n) is 6.83. The number of ether oxygens (including phenoxy) is 1. The fourth-order valence-corrected chi connectivity index (χ4v) is 2.25. The summed E-state index contributed by atoms with van der Waals surface area (Å²) in [5, 5.41) is 8.86. The highest BCUT2D eigenvalue weighted by Gasteiger charge is 2.16. The van der Waals surface area contributed by atoms with Gasteiger partial charge in [0.2, 0.25) is 5.91 Å². The molecule has 0 aromatic heterocycles. The predicted molar refractivity (Wildman–Crippen MR) is 82.8 cm³/mol. The molecule has 1 amide bonds. The Morgan fingerprint density at radius 3 is 2.80 bits per heavy atom. The molecule has 0 atom stereocenters. The van der Waals surface area contributed by atoms with Crippen LogP contribution in [0.5, 0.6) is 5.75 Å². The lowest BCUT2D eigenvalue weighted by molar-refractivity contribution is -0.133. The van der Waals surface area contributed by atoms with Crippen molar-refractivity contribution in [1.29, 1.82) is 0 Å². The molecule has 1 aromatic carbocycles. The van der Waals surface area contributed by atoms with Crippen molar-refractivity contribution >= 4 is 21.8 Å². The van der Waals surface area contributed by atoms with Crippen LogP contribution >= 0.6 is 15.9 Å². The van der Waals surface area contributed by atoms with Gasteiger partial charge >= 0.3 is 0 Å². The van der Waals surface area contributed by atoms with Crippen molar-refractivity contribution in [2.24, 2.45) is 0 Å². The van der Waals surface area contributed by atoms with E-state index in [2.05, 4.69) is 15.9 Å². The number of carbonyl (C=O) groups excluding carboxylic acids is 1. The molecule has 0 saturated carbocycles. The Morgan fingerprint density at radius 2 is 2.20 bits per heavy atom. The fraction of sp³-hybridized carbons (Fsp3) is 0.533. The van der Waals surface area contributed by atoms with Gasteiger partial charge in [0.15, 0.2) is 0 Å². The first-order chi connectivity index (χ1) is 9.54. The third-order valence-corrected chi connectivity index (χ3v) is 3.37. The Hall–Kier alpha value is -1.07. The minimum Gasteiger partial charge on any atom is -0.493 e. The summed E-state index contributed by atoms with van der Waals surface area (Å²) in [6, 6.07) is 7.69. The van der Waals surface area contributed by atoms with E-state index in [1.807, 2.05) is 38.1 Å². The molecule has 0 unspecified atom stereocenters. The summed E-state index contributed by atoms with van der Waals surface area (Å²) >= 11 is 3.37. The Bertz CT molecular complexity index is 423. The summed E-state index contributed by atoms with van der Waals surface area (Å²) in [4.78, 5) is 13.9. The number of aliphatic hydroxyl groups excluding tert-OH is 1. The van der Waals surface area contributed by atoms with Gasteiger partial charge in [-0.15, -0.1) is 0 Å². The Labute approximate surface area is 128 Å². The summed E-state index contributed by atoms with van der Waals surface area (Å²) < 4.78 is 6.52. The van der Waals surface area contributed by atoms with Crippen molar-refractivity contribution in [3.8, 4) is 5.75 Å². The first-order valence-corrected chi connectivity index (χ1v) is 7.62. The molecule has 0 aliphatic carbocycles. The van der Waals surface area contributed by atoms with Crippen molar-refractivity contribution < 1.29 is 14.6 Å². The molecule has 5 heteroatoms. The van der Waals surface area contributed by atoms with E-state index in [-0.39, 0.29) is 18.6 Å². The van der Waals surface area contributed by atoms with Crippen LogP contribution in [0.2, 0.25) is 0 Å². The van der Waals surface area contributed by atoms with Crippen LogP contribution in [0.25, 0.3) is 0 Å². The molecular formula is C15H22BrNO3. The smallest absolute Gasteiger partial charge is 0.226 e. The van der Waals surface area contributed by atoms with E-state index in [9.17, 15) is 4.79 Å². The minimum absolute atomic E-state index is 0.0587. The van der Waals surface area contributed by atoms with E-state index in [0.717, 1.165) is 10.2 Å². The maximum Gasteiger partial charge on any atom is 0.226 e. The molecule has 0 aliphatic rings. The largest absolute Gasteiger partial charge is 0.493 e. The Morgan fingerprint density at radius 1 is 1.45 bits per heavy atom. The zero-order chi connectivity index (χ0) is 15.0. The van der Waals surface area contributed by atoms with E-state index >= 15 is 0 Å². The van der Waals surface area contributed by atoms with Crippen LogP contribution in [0.15, 0.2) is 28.7 Å². The van der Waals surface area contributed by atoms with Crippen LogP contribution in [0, 0.1) is 0 Å². The monoisotopic (exact) mass is 343 g/mol. The predicted octanol–water partition coefficient (Wildman–Crippen LogP) is 2.84. The number of rotatable bonds is 8. The second kappa shape index (κ2) is 8.97. The number of carbonyl (C=O) groups is 1. The average Bonchev–Trinajstić information content (AvgIpc) is 2.39. The van der Waals surface area contributed by atoms with Crippen LogP contribution in [-0.2, 0) is 4.79 Å². The maximum atomic E-state index is 12.1. The van der Waals surface area contributed by atoms with E-state index in [1.165, 1.54) is 0 Å². The zero-order valence-electron chi connectivity index (χ0n) is 12.0. The number of nitrogens with zero attached hydrogens (tertiary/aromatic N) is 1. The zero-order valence-corrected chi connectivity index (χ0v) is 13.6. The highest BCUT2D eigenvalue weighted by atomic mass is 79.9. The summed E-state index contributed by atoms with van der Waals surface area (Å²) in [5.74, 6) is 0.807. The lowest BCUT2D eigenvalue weighted by Crippen LogP contribution is -2.38. The third kappa shape index (κ3) is 5.92. The van der Waals surface area contributed by atoms with Gasteiger partial charge in [0.05, 0.1) is 13.0 Å². The van der Waals surface area contributed by atoms with Crippen molar-refractivity contribution in [2.45, 2.75) is 32.7 Å². The van der Waals surface area contributed by atoms with Crippen LogP contribution in [-0.4, -0.2) is 41.7 Å². The van der Waals surface area contributed by atoms with Gasteiger partial charge in [-0.2, -0.15) is 0 Å². The molecule has 0 aliphatic heterocycles. The second-order valence-electron chi connectivity index (χ2n) is 4.81. The highest BCUT2D eigenvalue weighted by molar-refractivity contribution is 9.10. The molecular weight excluding hydrogens is 322 g/mol. The highest BCUT2D eigenvalue weighted by Crippen LogP contribution is 2.18. The number of halogens is 1. The summed E-state index contributed by atoms with van der Waals surface area (Å²) in [6.45, 7) is 5.00. The topological polar surface area (TPSA) is 49.8 Å². The molecule has 0 spiro atoms. The molecule has 0 radical (unpaired) electrons. The number of hydrogen-bond donors (Lipinski definition) is 1. The summed E-state index contributed by atoms with van der Waals surface area (Å²) in [7, 11) is 0. The molecule has 1 N–H and O–H groups in total. The van der Waals surface area contributed by atoms with Gasteiger partial charge < -0.3 is 14.7 Å². The third-order valence-electron chi connectivity index (χ3n) is 2.88. The molecule has 112 valence electrons. The van der Waals surface area contributed by atoms with Gasteiger partial charge in [-0.25, -0.2) is 0 Å². The summed E-state index contributed by atoms with van der Waals surface area (Å²) in [5.41, 5.74) is 0. The van der Waals surface area contributed by atoms with Crippen molar-refractivity contribution in [3.63, 3.8) is 0 Å². The molecule has 0 bridgehead atoms. The molecule has 1 aromatic rings. The second-order valence-corrected chi connectivity index (χ2v) is 5.73. The Balaban J connectivity index is 2.41. The Kier molecular flexibility index (Phi) is 7.62. The number of aliphatic hydroxyl groups is 1. The normalized spacial score (nSPS) is 10.7. The van der Waals surface area contributed by atoms with Gasteiger partial charge in [0.1, 0.15) is 5.75 Å². The standard InChI is InChI=1S/C15H22BrNO3/c1-12(2)17(8-4-9-18)15(19)7-10-20-14-6-3-5-13(16)11-14/h3,5-6,11-12,18H,4,7-10H2,1-2H3. The van der Waals surface area contributed by atoms with Crippen LogP contribution < -0.4 is 4.74 Å². The lowest BCUT2D eigenvalue weighted by atomic mass is 10.2. The van der Waals surface area contributed by atoms with Crippen LogP contribution in [0.1, 0.15) is 26.7 Å². The van der Waals surface area contributed by atoms with Gasteiger partial charge in [-0.05, 0) is 38.5 Å². The molecule has 0 saturated heterocycles. The molecule has 0 heterocycles. The number of benzene rings is 1. The van der Waals surface area contributed by atoms with Gasteiger partial charge in [-0.3, -0.25) is 4.79 Å². The van der Waals surface area contributed by atoms with Gasteiger partial charge in [0, 0.05) is 23.7 Å². The van der Waals surface area contributed by atoms with Crippen molar-refractivity contribution in [1.82, 2.24) is 4.90 Å². The first kappa shape index (κ1) is 17.0. The molecule has 1 rings (SSSR count). The lowest BCUT2D eigenvalue weighted by Gasteiger charge is -2.26. The van der Waals surface area contributed by atoms with E-state index in [0.29, 0.717) is 26.0 Å². The van der Waals surface area contributed by atoms with Crippen molar-refractivity contribution in [3.05, 3.63) is 28.7 Å². The fourth-order valence-electron chi connectivity index (χ4n) is 1.87. The molecule has 0 fully saturated rings. The van der Waals surface area contributed by atoms with E-state index < -0.39 is 0 Å². The molecule has 20 heavy (non-hydrogen) atoms. The van der Waals surface area contributed by atoms with E-state index in [1.54, 1.807) is 4.90 Å². The molecule has 4 nitrogen and oxygen atoms in total. The van der Waals surface area contributed by atoms with Crippen LogP contribution in [0.4, 0.5) is 0 Å². The van der Waals surface area contributed by atoms with Crippen LogP contribution in [0.3, 0.4) is 0 Å². The van der Waals surface area contributed by atoms with E-state index in [4.69, 9.17) is 9.84 Å². The average molecular weight is 344 g/mol. The summed E-state index contributed by atoms with van der Waals surface area (Å²) in [6.07, 6.45) is 0.951. The number of hydrogen-bond acceptors (Lipinski definition) is 3. The van der Waals surface area contributed by atoms with Gasteiger partial charge in [0.25, 0.3) is 0 Å². The minimum atomic E-state index is 0.0587. The van der Waals surface area contributed by atoms with Gasteiger partial charge in [-0.1, -0.05) is 22.0 Å². The SMILES string of the molecule is CC(C)N(CCCO)C(=O)CCOc1cccc(Br)c1.